The standard InChI is InChI=1S/C39H12F10N4/c1-53-13-17(12-52)27-23-7-15(29-32(42)36(46)39(49)37(47)33(29)43)3-5-19(23)21-8-24-20(9-25(21)27)18-4-2-14(6-22(18)26(24)16(10-50)11-51)28-30(40)34(44)38(48)35(45)31(28)41/h2-9,13H,1H3/b27-17+,53-13?. The normalized spacial score (nSPS) is 13.2. The summed E-state index contributed by atoms with van der Waals surface area (Å²) in [5.41, 5.74) is -2.14. The number of benzene rings is 5. The zero-order valence-electron chi connectivity index (χ0n) is 26.3. The third kappa shape index (κ3) is 4.78. The molecule has 0 amide bonds. The maximum Gasteiger partial charge on any atom is 0.200 e. The van der Waals surface area contributed by atoms with Crippen LogP contribution in [0, 0.1) is 92.2 Å². The summed E-state index contributed by atoms with van der Waals surface area (Å²) in [7, 11) is 1.35. The molecule has 5 aromatic carbocycles. The van der Waals surface area contributed by atoms with Crippen molar-refractivity contribution in [3.8, 4) is 62.7 Å². The third-order valence-electron chi connectivity index (χ3n) is 8.97. The average molecular weight is 727 g/mol. The first-order valence-corrected chi connectivity index (χ1v) is 14.9. The second-order valence-electron chi connectivity index (χ2n) is 11.6. The van der Waals surface area contributed by atoms with Gasteiger partial charge in [-0.15, -0.1) is 0 Å². The Morgan fingerprint density at radius 2 is 0.811 bits per heavy atom. The first-order valence-electron chi connectivity index (χ1n) is 14.9. The van der Waals surface area contributed by atoms with Crippen LogP contribution in [0.25, 0.3) is 55.7 Å². The second-order valence-corrected chi connectivity index (χ2v) is 11.6. The van der Waals surface area contributed by atoms with Crippen molar-refractivity contribution in [1.82, 2.24) is 0 Å². The van der Waals surface area contributed by atoms with Crippen LogP contribution in [0.15, 0.2) is 64.7 Å². The maximum absolute atomic E-state index is 14.9. The molecule has 14 heteroatoms. The molecule has 0 spiro atoms. The van der Waals surface area contributed by atoms with Gasteiger partial charge < -0.3 is 0 Å². The first kappa shape index (κ1) is 34.5. The van der Waals surface area contributed by atoms with Crippen LogP contribution in [-0.4, -0.2) is 13.3 Å². The summed E-state index contributed by atoms with van der Waals surface area (Å²) >= 11 is 0. The van der Waals surface area contributed by atoms with E-state index in [1.165, 1.54) is 37.5 Å². The van der Waals surface area contributed by atoms with Crippen molar-refractivity contribution in [3.63, 3.8) is 0 Å². The number of nitriles is 3. The van der Waals surface area contributed by atoms with Crippen molar-refractivity contribution in [2.24, 2.45) is 4.99 Å². The number of allylic oxidation sites excluding steroid dienone is 2. The van der Waals surface area contributed by atoms with E-state index in [0.717, 1.165) is 24.3 Å². The predicted molar refractivity (Wildman–Crippen MR) is 171 cm³/mol. The van der Waals surface area contributed by atoms with E-state index >= 15 is 0 Å². The molecule has 7 rings (SSSR count). The molecule has 4 nitrogen and oxygen atoms in total. The Kier molecular flexibility index (Phi) is 8.04. The average Bonchev–Trinajstić information content (AvgIpc) is 3.64. The summed E-state index contributed by atoms with van der Waals surface area (Å²) in [6.45, 7) is 0. The number of rotatable bonds is 3. The fourth-order valence-electron chi connectivity index (χ4n) is 6.72. The van der Waals surface area contributed by atoms with Crippen LogP contribution in [0.2, 0.25) is 0 Å². The van der Waals surface area contributed by atoms with E-state index < -0.39 is 86.0 Å². The summed E-state index contributed by atoms with van der Waals surface area (Å²) in [5.74, 6) is -21.8. The van der Waals surface area contributed by atoms with E-state index in [4.69, 9.17) is 0 Å². The van der Waals surface area contributed by atoms with Crippen LogP contribution >= 0.6 is 0 Å². The summed E-state index contributed by atoms with van der Waals surface area (Å²) in [4.78, 5) is 3.89. The van der Waals surface area contributed by atoms with Gasteiger partial charge in [0.25, 0.3) is 0 Å². The van der Waals surface area contributed by atoms with E-state index in [9.17, 15) is 59.7 Å². The number of hydrogen-bond donors (Lipinski definition) is 0. The fraction of sp³-hybridized carbons (Fsp3) is 0.0256. The molecular weight excluding hydrogens is 714 g/mol. The van der Waals surface area contributed by atoms with Gasteiger partial charge in [0, 0.05) is 24.4 Å². The van der Waals surface area contributed by atoms with Gasteiger partial charge in [-0.05, 0) is 79.9 Å². The third-order valence-corrected chi connectivity index (χ3v) is 8.97. The van der Waals surface area contributed by atoms with Gasteiger partial charge >= 0.3 is 0 Å². The Hall–Kier alpha value is -6.98. The Bertz CT molecular complexity index is 2700. The Morgan fingerprint density at radius 3 is 1.19 bits per heavy atom. The van der Waals surface area contributed by atoms with Crippen molar-refractivity contribution in [1.29, 1.82) is 15.8 Å². The number of hydrogen-bond acceptors (Lipinski definition) is 4. The lowest BCUT2D eigenvalue weighted by Crippen LogP contribution is -2.04. The lowest BCUT2D eigenvalue weighted by molar-refractivity contribution is 0.381. The first-order chi connectivity index (χ1) is 25.3. The molecule has 258 valence electrons. The van der Waals surface area contributed by atoms with E-state index in [1.807, 2.05) is 6.07 Å². The van der Waals surface area contributed by atoms with Crippen molar-refractivity contribution in [3.05, 3.63) is 140 Å². The molecule has 0 heterocycles. The molecule has 0 saturated heterocycles. The highest BCUT2D eigenvalue weighted by molar-refractivity contribution is 6.14. The van der Waals surface area contributed by atoms with Gasteiger partial charge in [-0.3, -0.25) is 4.99 Å². The Balaban J connectivity index is 1.51. The molecule has 0 radical (unpaired) electrons. The molecule has 0 atom stereocenters. The molecule has 0 saturated carbocycles. The monoisotopic (exact) mass is 726 g/mol. The predicted octanol–water partition coefficient (Wildman–Crippen LogP) is 10.2. The van der Waals surface area contributed by atoms with Gasteiger partial charge in [0.2, 0.25) is 11.6 Å². The summed E-state index contributed by atoms with van der Waals surface area (Å²) in [6, 6.07) is 15.4. The van der Waals surface area contributed by atoms with Crippen LogP contribution in [0.3, 0.4) is 0 Å². The van der Waals surface area contributed by atoms with Crippen LogP contribution < -0.4 is 0 Å². The molecular formula is C39H12F10N4. The largest absolute Gasteiger partial charge is 0.295 e. The lowest BCUT2D eigenvalue weighted by Gasteiger charge is -2.11. The van der Waals surface area contributed by atoms with Gasteiger partial charge in [0.15, 0.2) is 46.5 Å². The van der Waals surface area contributed by atoms with E-state index in [-0.39, 0.29) is 55.7 Å². The molecule has 0 aromatic heterocycles. The quantitative estimate of drug-likeness (QED) is 0.0598. The molecule has 2 aliphatic rings. The zero-order chi connectivity index (χ0) is 38.2. The number of aliphatic imine (C=N–C) groups is 1. The molecule has 0 aliphatic heterocycles. The summed E-state index contributed by atoms with van der Waals surface area (Å²) in [5, 5.41) is 30.0. The second kappa shape index (κ2) is 12.4. The molecule has 0 fully saturated rings. The van der Waals surface area contributed by atoms with Crippen LogP contribution in [0.5, 0.6) is 0 Å². The van der Waals surface area contributed by atoms with Gasteiger partial charge in [-0.2, -0.15) is 15.8 Å². The minimum Gasteiger partial charge on any atom is -0.295 e. The Morgan fingerprint density at radius 1 is 0.453 bits per heavy atom. The SMILES string of the molecule is CN=C/C(C#N)=C1\c2cc(-c3c(F)c(F)c(F)c(F)c3F)ccc2-c2cc3c(cc21)-c1ccc(-c2c(F)c(F)c(F)c(F)c2F)cc1C3=C(C#N)C#N. The lowest BCUT2D eigenvalue weighted by atomic mass is 9.93. The maximum atomic E-state index is 14.9. The van der Waals surface area contributed by atoms with E-state index in [1.54, 1.807) is 12.1 Å². The van der Waals surface area contributed by atoms with Crippen LogP contribution in [0.4, 0.5) is 43.9 Å². The molecule has 0 unspecified atom stereocenters. The highest BCUT2D eigenvalue weighted by atomic mass is 19.2. The zero-order valence-corrected chi connectivity index (χ0v) is 26.3. The summed E-state index contributed by atoms with van der Waals surface area (Å²) in [6.07, 6.45) is 1.17. The van der Waals surface area contributed by atoms with Crippen molar-refractivity contribution < 1.29 is 43.9 Å². The highest BCUT2D eigenvalue weighted by Crippen LogP contribution is 2.54. The van der Waals surface area contributed by atoms with Crippen LogP contribution in [-0.2, 0) is 0 Å². The van der Waals surface area contributed by atoms with E-state index in [2.05, 4.69) is 4.99 Å². The molecule has 0 bridgehead atoms. The molecule has 53 heavy (non-hydrogen) atoms. The van der Waals surface area contributed by atoms with Gasteiger partial charge in [-0.25, -0.2) is 43.9 Å². The minimum atomic E-state index is -2.36. The smallest absolute Gasteiger partial charge is 0.200 e. The van der Waals surface area contributed by atoms with Gasteiger partial charge in [-0.1, -0.05) is 24.3 Å². The van der Waals surface area contributed by atoms with Crippen LogP contribution in [0.1, 0.15) is 22.3 Å². The van der Waals surface area contributed by atoms with Gasteiger partial charge in [0.1, 0.15) is 23.8 Å². The highest BCUT2D eigenvalue weighted by Gasteiger charge is 2.36. The van der Waals surface area contributed by atoms with Crippen molar-refractivity contribution >= 4 is 17.4 Å². The number of halogens is 10. The molecule has 0 N–H and O–H groups in total. The fourth-order valence-corrected chi connectivity index (χ4v) is 6.72. The number of nitrogens with zero attached hydrogens (tertiary/aromatic N) is 4. The van der Waals surface area contributed by atoms with Gasteiger partial charge in [0.05, 0.1) is 16.7 Å². The van der Waals surface area contributed by atoms with E-state index in [0.29, 0.717) is 5.56 Å². The Labute approximate surface area is 291 Å². The van der Waals surface area contributed by atoms with Crippen molar-refractivity contribution in [2.45, 2.75) is 0 Å². The summed E-state index contributed by atoms with van der Waals surface area (Å²) < 4.78 is 144. The molecule has 2 aliphatic carbocycles. The minimum absolute atomic E-state index is 0.0197. The molecule has 5 aromatic rings. The number of fused-ring (bicyclic) bond motifs is 6. The topological polar surface area (TPSA) is 83.7 Å². The van der Waals surface area contributed by atoms with Crippen molar-refractivity contribution in [2.75, 3.05) is 7.05 Å².